The summed E-state index contributed by atoms with van der Waals surface area (Å²) in [5, 5.41) is 10.6. The Morgan fingerprint density at radius 1 is 1.22 bits per heavy atom. The van der Waals surface area contributed by atoms with Crippen molar-refractivity contribution in [1.82, 2.24) is 0 Å². The average Bonchev–Trinajstić information content (AvgIpc) is 2.53. The third-order valence-electron chi connectivity index (χ3n) is 3.48. The highest BCUT2D eigenvalue weighted by atomic mass is 16.6. The van der Waals surface area contributed by atoms with Gasteiger partial charge in [0, 0.05) is 12.1 Å². The number of para-hydroxylation sites is 1. The molecule has 0 amide bonds. The third kappa shape index (κ3) is 2.59. The molecule has 118 valence electrons. The lowest BCUT2D eigenvalue weighted by molar-refractivity contribution is -0.147. The quantitative estimate of drug-likeness (QED) is 0.591. The maximum absolute atomic E-state index is 12.5. The molecule has 0 aliphatic heterocycles. The number of phenols is 1. The van der Waals surface area contributed by atoms with Crippen molar-refractivity contribution in [2.24, 2.45) is 0 Å². The molecule has 1 atom stereocenters. The highest BCUT2D eigenvalue weighted by Gasteiger charge is 2.18. The predicted octanol–water partition coefficient (Wildman–Crippen LogP) is 2.59. The Morgan fingerprint density at radius 3 is 2.70 bits per heavy atom. The van der Waals surface area contributed by atoms with E-state index in [1.807, 2.05) is 0 Å². The van der Waals surface area contributed by atoms with Gasteiger partial charge in [0.2, 0.25) is 5.43 Å². The van der Waals surface area contributed by atoms with Gasteiger partial charge in [-0.15, -0.1) is 0 Å². The van der Waals surface area contributed by atoms with Crippen molar-refractivity contribution in [3.05, 3.63) is 46.6 Å². The van der Waals surface area contributed by atoms with Gasteiger partial charge in [0.1, 0.15) is 28.1 Å². The molecule has 1 aromatic heterocycles. The molecule has 6 nitrogen and oxygen atoms in total. The van der Waals surface area contributed by atoms with Gasteiger partial charge in [-0.25, -0.2) is 4.79 Å². The maximum atomic E-state index is 12.5. The molecule has 6 heteroatoms. The van der Waals surface area contributed by atoms with Crippen LogP contribution in [0.5, 0.6) is 11.5 Å². The molecule has 1 unspecified atom stereocenters. The van der Waals surface area contributed by atoms with Crippen LogP contribution in [0.2, 0.25) is 0 Å². The summed E-state index contributed by atoms with van der Waals surface area (Å²) in [6.07, 6.45) is -0.857. The summed E-state index contributed by atoms with van der Waals surface area (Å²) < 4.78 is 15.7. The Bertz CT molecular complexity index is 956. The minimum atomic E-state index is -0.857. The summed E-state index contributed by atoms with van der Waals surface area (Å²) in [5.41, 5.74) is 0.259. The third-order valence-corrected chi connectivity index (χ3v) is 3.48. The molecular weight excluding hydrogens is 300 g/mol. The van der Waals surface area contributed by atoms with Gasteiger partial charge in [0.05, 0.1) is 12.5 Å². The molecule has 0 spiro atoms. The summed E-state index contributed by atoms with van der Waals surface area (Å²) >= 11 is 0. The van der Waals surface area contributed by atoms with E-state index in [0.717, 1.165) is 0 Å². The molecule has 0 fully saturated rings. The summed E-state index contributed by atoms with van der Waals surface area (Å²) in [6, 6.07) is 9.49. The molecule has 0 bridgehead atoms. The number of phenolic OH excluding ortho intramolecular Hbond substituents is 1. The number of ether oxygens (including phenoxy) is 2. The maximum Gasteiger partial charge on any atom is 0.346 e. The van der Waals surface area contributed by atoms with E-state index in [4.69, 9.17) is 9.15 Å². The fourth-order valence-corrected chi connectivity index (χ4v) is 2.37. The SMILES string of the molecule is COC(=O)C(C)Oc1cc(O)c2c(=O)c3ccccc3oc2c1. The summed E-state index contributed by atoms with van der Waals surface area (Å²) in [5.74, 6) is -0.620. The van der Waals surface area contributed by atoms with Crippen molar-refractivity contribution >= 4 is 27.9 Å². The van der Waals surface area contributed by atoms with Crippen LogP contribution in [0.4, 0.5) is 0 Å². The Hall–Kier alpha value is -3.02. The summed E-state index contributed by atoms with van der Waals surface area (Å²) in [7, 11) is 1.26. The standard InChI is InChI=1S/C17H14O6/c1-9(17(20)21-2)22-10-7-12(18)15-14(8-10)23-13-6-4-3-5-11(13)16(15)19/h3-9,18H,1-2H3. The molecule has 0 radical (unpaired) electrons. The van der Waals surface area contributed by atoms with Crippen molar-refractivity contribution in [2.45, 2.75) is 13.0 Å². The van der Waals surface area contributed by atoms with E-state index in [1.54, 1.807) is 24.3 Å². The molecule has 0 saturated heterocycles. The highest BCUT2D eigenvalue weighted by Crippen LogP contribution is 2.30. The van der Waals surface area contributed by atoms with Crippen LogP contribution in [0, 0.1) is 0 Å². The number of methoxy groups -OCH3 is 1. The van der Waals surface area contributed by atoms with Gasteiger partial charge >= 0.3 is 5.97 Å². The lowest BCUT2D eigenvalue weighted by Crippen LogP contribution is -2.24. The van der Waals surface area contributed by atoms with Crippen molar-refractivity contribution in [3.63, 3.8) is 0 Å². The smallest absolute Gasteiger partial charge is 0.346 e. The van der Waals surface area contributed by atoms with Crippen LogP contribution >= 0.6 is 0 Å². The molecule has 23 heavy (non-hydrogen) atoms. The molecule has 0 aliphatic carbocycles. The molecule has 1 heterocycles. The average molecular weight is 314 g/mol. The van der Waals surface area contributed by atoms with E-state index < -0.39 is 12.1 Å². The zero-order valence-electron chi connectivity index (χ0n) is 12.5. The normalized spacial score (nSPS) is 12.3. The second-order valence-corrected chi connectivity index (χ2v) is 5.03. The van der Waals surface area contributed by atoms with Crippen molar-refractivity contribution in [1.29, 1.82) is 0 Å². The number of rotatable bonds is 3. The van der Waals surface area contributed by atoms with Crippen LogP contribution in [0.1, 0.15) is 6.92 Å². The monoisotopic (exact) mass is 314 g/mol. The number of carbonyl (C=O) groups is 1. The van der Waals surface area contributed by atoms with Crippen LogP contribution in [0.15, 0.2) is 45.6 Å². The minimum absolute atomic E-state index is 0.0711. The first kappa shape index (κ1) is 14.9. The van der Waals surface area contributed by atoms with Crippen LogP contribution in [0.25, 0.3) is 21.9 Å². The number of hydrogen-bond acceptors (Lipinski definition) is 6. The Balaban J connectivity index is 2.16. The second-order valence-electron chi connectivity index (χ2n) is 5.03. The Labute approximate surface area is 130 Å². The largest absolute Gasteiger partial charge is 0.507 e. The van der Waals surface area contributed by atoms with Gasteiger partial charge in [-0.3, -0.25) is 4.79 Å². The molecule has 0 aliphatic rings. The van der Waals surface area contributed by atoms with Gasteiger partial charge in [0.15, 0.2) is 6.10 Å². The Kier molecular flexibility index (Phi) is 3.65. The van der Waals surface area contributed by atoms with Crippen LogP contribution in [0.3, 0.4) is 0 Å². The van der Waals surface area contributed by atoms with Crippen LogP contribution in [-0.4, -0.2) is 24.3 Å². The zero-order valence-corrected chi connectivity index (χ0v) is 12.5. The van der Waals surface area contributed by atoms with Gasteiger partial charge < -0.3 is 19.0 Å². The predicted molar refractivity (Wildman–Crippen MR) is 83.8 cm³/mol. The molecule has 1 N–H and O–H groups in total. The summed E-state index contributed by atoms with van der Waals surface area (Å²) in [6.45, 7) is 1.52. The van der Waals surface area contributed by atoms with E-state index in [2.05, 4.69) is 4.74 Å². The zero-order chi connectivity index (χ0) is 16.6. The first-order valence-corrected chi connectivity index (χ1v) is 6.94. The number of fused-ring (bicyclic) bond motifs is 2. The first-order valence-electron chi connectivity index (χ1n) is 6.94. The lowest BCUT2D eigenvalue weighted by Gasteiger charge is -2.13. The molecule has 3 aromatic rings. The first-order chi connectivity index (χ1) is 11.0. The Morgan fingerprint density at radius 2 is 1.96 bits per heavy atom. The summed E-state index contributed by atoms with van der Waals surface area (Å²) in [4.78, 5) is 23.9. The minimum Gasteiger partial charge on any atom is -0.507 e. The van der Waals surface area contributed by atoms with E-state index in [0.29, 0.717) is 11.0 Å². The van der Waals surface area contributed by atoms with E-state index in [9.17, 15) is 14.7 Å². The van der Waals surface area contributed by atoms with Gasteiger partial charge in [-0.1, -0.05) is 12.1 Å². The second kappa shape index (κ2) is 5.64. The molecular formula is C17H14O6. The van der Waals surface area contributed by atoms with Crippen LogP contribution in [-0.2, 0) is 9.53 Å². The van der Waals surface area contributed by atoms with Gasteiger partial charge in [0.25, 0.3) is 0 Å². The highest BCUT2D eigenvalue weighted by molar-refractivity contribution is 5.93. The number of benzene rings is 2. The fraction of sp³-hybridized carbons (Fsp3) is 0.176. The van der Waals surface area contributed by atoms with E-state index >= 15 is 0 Å². The molecule has 3 rings (SSSR count). The number of esters is 1. The number of carbonyl (C=O) groups excluding carboxylic acids is 1. The number of hydrogen-bond donors (Lipinski definition) is 1. The number of aromatic hydroxyl groups is 1. The van der Waals surface area contributed by atoms with Gasteiger partial charge in [-0.2, -0.15) is 0 Å². The van der Waals surface area contributed by atoms with Crippen molar-refractivity contribution in [3.8, 4) is 11.5 Å². The van der Waals surface area contributed by atoms with E-state index in [1.165, 1.54) is 26.2 Å². The molecule has 2 aromatic carbocycles. The van der Waals surface area contributed by atoms with Crippen molar-refractivity contribution in [2.75, 3.05) is 7.11 Å². The van der Waals surface area contributed by atoms with E-state index in [-0.39, 0.29) is 27.9 Å². The van der Waals surface area contributed by atoms with Crippen molar-refractivity contribution < 1.29 is 23.8 Å². The fourth-order valence-electron chi connectivity index (χ4n) is 2.37. The van der Waals surface area contributed by atoms with Gasteiger partial charge in [-0.05, 0) is 19.1 Å². The van der Waals surface area contributed by atoms with Crippen LogP contribution < -0.4 is 10.2 Å². The lowest BCUT2D eigenvalue weighted by atomic mass is 10.1. The molecule has 0 saturated carbocycles. The topological polar surface area (TPSA) is 86.0 Å².